The van der Waals surface area contributed by atoms with Crippen LogP contribution in [0.15, 0.2) is 30.3 Å². The molecule has 23 heavy (non-hydrogen) atoms. The highest BCUT2D eigenvalue weighted by Gasteiger charge is 2.28. The number of nitrogens with one attached hydrogen (secondary N) is 2. The van der Waals surface area contributed by atoms with Crippen LogP contribution in [-0.2, 0) is 15.0 Å². The number of carbonyl (C=O) groups is 2. The first kappa shape index (κ1) is 17.1. The summed E-state index contributed by atoms with van der Waals surface area (Å²) in [7, 11) is 0. The summed E-state index contributed by atoms with van der Waals surface area (Å²) in [5, 5.41) is 14.7. The zero-order valence-electron chi connectivity index (χ0n) is 13.6. The molecule has 2 N–H and O–H groups in total. The Labute approximate surface area is 139 Å². The minimum atomic E-state index is -0.623. The van der Waals surface area contributed by atoms with Gasteiger partial charge in [-0.25, -0.2) is 0 Å². The van der Waals surface area contributed by atoms with Crippen LogP contribution in [0.25, 0.3) is 0 Å². The fourth-order valence-electron chi connectivity index (χ4n) is 2.09. The van der Waals surface area contributed by atoms with E-state index in [1.54, 1.807) is 6.92 Å². The van der Waals surface area contributed by atoms with Crippen molar-refractivity contribution >= 4 is 28.3 Å². The number of carbonyl (C=O) groups excluding carboxylic acids is 2. The summed E-state index contributed by atoms with van der Waals surface area (Å²) in [6, 6.07) is 9.39. The average molecular weight is 332 g/mol. The molecular weight excluding hydrogens is 312 g/mol. The topological polar surface area (TPSA) is 84.0 Å². The van der Waals surface area contributed by atoms with E-state index in [-0.39, 0.29) is 17.2 Å². The molecular formula is C16H20N4O2S. The molecule has 1 aromatic carbocycles. The van der Waals surface area contributed by atoms with Crippen molar-refractivity contribution in [2.75, 3.05) is 5.32 Å². The van der Waals surface area contributed by atoms with Crippen LogP contribution in [0.3, 0.4) is 0 Å². The standard InChI is InChI=1S/C16H20N4O2S/c1-10(17-11(2)21)13(22)18-15-20-19-14(23-15)16(3,4)12-8-6-5-7-9-12/h5-10H,1-4H3,(H,17,21)(H,18,20,22)/t10-/m0/s1. The van der Waals surface area contributed by atoms with Gasteiger partial charge in [0.1, 0.15) is 11.0 Å². The van der Waals surface area contributed by atoms with Crippen molar-refractivity contribution in [3.63, 3.8) is 0 Å². The first-order valence-corrected chi connectivity index (χ1v) is 8.10. The molecule has 0 aliphatic rings. The quantitative estimate of drug-likeness (QED) is 0.880. The number of amides is 2. The first-order valence-electron chi connectivity index (χ1n) is 7.28. The fraction of sp³-hybridized carbons (Fsp3) is 0.375. The van der Waals surface area contributed by atoms with E-state index < -0.39 is 6.04 Å². The van der Waals surface area contributed by atoms with Crippen LogP contribution in [0, 0.1) is 0 Å². The average Bonchev–Trinajstić information content (AvgIpc) is 2.96. The molecule has 0 unspecified atom stereocenters. The Morgan fingerprint density at radius 3 is 2.43 bits per heavy atom. The van der Waals surface area contributed by atoms with Crippen LogP contribution in [0.4, 0.5) is 5.13 Å². The molecule has 0 aliphatic heterocycles. The van der Waals surface area contributed by atoms with Gasteiger partial charge >= 0.3 is 0 Å². The maximum Gasteiger partial charge on any atom is 0.248 e. The molecule has 1 heterocycles. The molecule has 1 aromatic heterocycles. The second-order valence-electron chi connectivity index (χ2n) is 5.81. The number of nitrogens with zero attached hydrogens (tertiary/aromatic N) is 2. The van der Waals surface area contributed by atoms with E-state index in [1.165, 1.54) is 18.3 Å². The van der Waals surface area contributed by atoms with Crippen LogP contribution in [0.1, 0.15) is 38.3 Å². The first-order chi connectivity index (χ1) is 10.8. The van der Waals surface area contributed by atoms with Crippen molar-refractivity contribution in [2.45, 2.75) is 39.2 Å². The smallest absolute Gasteiger partial charge is 0.248 e. The normalized spacial score (nSPS) is 12.5. The monoisotopic (exact) mass is 332 g/mol. The van der Waals surface area contributed by atoms with Crippen molar-refractivity contribution in [3.05, 3.63) is 40.9 Å². The predicted octanol–water partition coefficient (Wildman–Crippen LogP) is 2.33. The maximum atomic E-state index is 12.0. The van der Waals surface area contributed by atoms with E-state index in [9.17, 15) is 9.59 Å². The molecule has 6 nitrogen and oxygen atoms in total. The Hall–Kier alpha value is -2.28. The number of rotatable bonds is 5. The molecule has 1 atom stereocenters. The predicted molar refractivity (Wildman–Crippen MR) is 90.4 cm³/mol. The van der Waals surface area contributed by atoms with Crippen LogP contribution >= 0.6 is 11.3 Å². The van der Waals surface area contributed by atoms with E-state index in [2.05, 4.69) is 34.7 Å². The van der Waals surface area contributed by atoms with Crippen molar-refractivity contribution < 1.29 is 9.59 Å². The minimum absolute atomic E-state index is 0.254. The summed E-state index contributed by atoms with van der Waals surface area (Å²) >= 11 is 1.33. The van der Waals surface area contributed by atoms with E-state index >= 15 is 0 Å². The number of hydrogen-bond acceptors (Lipinski definition) is 5. The van der Waals surface area contributed by atoms with Gasteiger partial charge in [0.25, 0.3) is 0 Å². The third-order valence-electron chi connectivity index (χ3n) is 3.50. The Kier molecular flexibility index (Phi) is 5.10. The lowest BCUT2D eigenvalue weighted by atomic mass is 9.85. The number of anilines is 1. The summed E-state index contributed by atoms with van der Waals surface area (Å²) in [6.07, 6.45) is 0. The van der Waals surface area contributed by atoms with Gasteiger partial charge in [-0.2, -0.15) is 0 Å². The molecule has 0 saturated heterocycles. The molecule has 0 bridgehead atoms. The highest BCUT2D eigenvalue weighted by molar-refractivity contribution is 7.15. The SMILES string of the molecule is CC(=O)N[C@@H](C)C(=O)Nc1nnc(C(C)(C)c2ccccc2)s1. The summed E-state index contributed by atoms with van der Waals surface area (Å²) in [5.41, 5.74) is 0.825. The summed E-state index contributed by atoms with van der Waals surface area (Å²) < 4.78 is 0. The van der Waals surface area contributed by atoms with Crippen LogP contribution in [0.5, 0.6) is 0 Å². The Morgan fingerprint density at radius 1 is 1.17 bits per heavy atom. The Balaban J connectivity index is 2.12. The van der Waals surface area contributed by atoms with Gasteiger partial charge in [0.05, 0.1) is 0 Å². The zero-order chi connectivity index (χ0) is 17.0. The lowest BCUT2D eigenvalue weighted by molar-refractivity contribution is -0.124. The van der Waals surface area contributed by atoms with Crippen molar-refractivity contribution in [3.8, 4) is 0 Å². The molecule has 122 valence electrons. The van der Waals surface area contributed by atoms with Gasteiger partial charge in [-0.3, -0.25) is 14.9 Å². The van der Waals surface area contributed by atoms with Gasteiger partial charge in [0, 0.05) is 12.3 Å². The number of benzene rings is 1. The Bertz CT molecular complexity index is 697. The molecule has 2 amide bonds. The third kappa shape index (κ3) is 4.13. The minimum Gasteiger partial charge on any atom is -0.345 e. The molecule has 2 rings (SSSR count). The number of aromatic nitrogens is 2. The molecule has 7 heteroatoms. The third-order valence-corrected chi connectivity index (χ3v) is 4.66. The lowest BCUT2D eigenvalue weighted by Crippen LogP contribution is -2.40. The largest absolute Gasteiger partial charge is 0.345 e. The highest BCUT2D eigenvalue weighted by Crippen LogP contribution is 2.34. The lowest BCUT2D eigenvalue weighted by Gasteiger charge is -2.21. The molecule has 0 saturated carbocycles. The van der Waals surface area contributed by atoms with Crippen LogP contribution in [0.2, 0.25) is 0 Å². The Morgan fingerprint density at radius 2 is 1.83 bits per heavy atom. The van der Waals surface area contributed by atoms with Crippen LogP contribution < -0.4 is 10.6 Å². The van der Waals surface area contributed by atoms with E-state index in [1.807, 2.05) is 30.3 Å². The van der Waals surface area contributed by atoms with Gasteiger partial charge in [-0.1, -0.05) is 41.7 Å². The maximum absolute atomic E-state index is 12.0. The molecule has 0 aliphatic carbocycles. The molecule has 2 aromatic rings. The molecule has 0 radical (unpaired) electrons. The van der Waals surface area contributed by atoms with Crippen LogP contribution in [-0.4, -0.2) is 28.1 Å². The summed E-state index contributed by atoms with van der Waals surface area (Å²) in [6.45, 7) is 7.12. The van der Waals surface area contributed by atoms with Crippen molar-refractivity contribution in [2.24, 2.45) is 0 Å². The molecule has 0 fully saturated rings. The van der Waals surface area contributed by atoms with Gasteiger partial charge < -0.3 is 5.32 Å². The molecule has 0 spiro atoms. The fourth-order valence-corrected chi connectivity index (χ4v) is 2.96. The second kappa shape index (κ2) is 6.87. The number of hydrogen-bond donors (Lipinski definition) is 2. The summed E-state index contributed by atoms with van der Waals surface area (Å²) in [5.74, 6) is -0.573. The second-order valence-corrected chi connectivity index (χ2v) is 6.79. The summed E-state index contributed by atoms with van der Waals surface area (Å²) in [4.78, 5) is 23.0. The van der Waals surface area contributed by atoms with E-state index in [0.717, 1.165) is 10.6 Å². The van der Waals surface area contributed by atoms with Crippen molar-refractivity contribution in [1.82, 2.24) is 15.5 Å². The van der Waals surface area contributed by atoms with Gasteiger partial charge in [-0.05, 0) is 26.3 Å². The van der Waals surface area contributed by atoms with E-state index in [0.29, 0.717) is 5.13 Å². The van der Waals surface area contributed by atoms with Gasteiger partial charge in [0.2, 0.25) is 16.9 Å². The van der Waals surface area contributed by atoms with Crippen molar-refractivity contribution in [1.29, 1.82) is 0 Å². The van der Waals surface area contributed by atoms with E-state index in [4.69, 9.17) is 0 Å². The zero-order valence-corrected chi connectivity index (χ0v) is 14.4. The van der Waals surface area contributed by atoms with Gasteiger partial charge in [-0.15, -0.1) is 10.2 Å². The highest BCUT2D eigenvalue weighted by atomic mass is 32.1. The van der Waals surface area contributed by atoms with Gasteiger partial charge in [0.15, 0.2) is 0 Å².